The van der Waals surface area contributed by atoms with Crippen molar-refractivity contribution in [2.45, 2.75) is 51.7 Å². The van der Waals surface area contributed by atoms with Gasteiger partial charge in [0.15, 0.2) is 0 Å². The van der Waals surface area contributed by atoms with Crippen molar-refractivity contribution in [3.05, 3.63) is 0 Å². The van der Waals surface area contributed by atoms with Gasteiger partial charge >= 0.3 is 6.18 Å². The second kappa shape index (κ2) is 7.12. The number of carbonyl (C=O) groups is 1. The Labute approximate surface area is 112 Å². The number of nitrogens with zero attached hydrogens (tertiary/aromatic N) is 1. The predicted octanol–water partition coefficient (Wildman–Crippen LogP) is 2.57. The maximum Gasteiger partial charge on any atom is 0.401 e. The molecular formula is C13H23F3N2O. The van der Waals surface area contributed by atoms with Crippen molar-refractivity contribution in [2.75, 3.05) is 19.6 Å². The number of alkyl halides is 3. The third-order valence-electron chi connectivity index (χ3n) is 3.66. The van der Waals surface area contributed by atoms with E-state index in [9.17, 15) is 18.0 Å². The molecule has 1 N–H and O–H groups in total. The number of hydrogen-bond donors (Lipinski definition) is 1. The zero-order valence-corrected chi connectivity index (χ0v) is 11.6. The quantitative estimate of drug-likeness (QED) is 0.839. The van der Waals surface area contributed by atoms with E-state index in [-0.39, 0.29) is 17.9 Å². The van der Waals surface area contributed by atoms with E-state index in [0.717, 1.165) is 19.3 Å². The average Bonchev–Trinajstić information content (AvgIpc) is 2.37. The molecular weight excluding hydrogens is 257 g/mol. The van der Waals surface area contributed by atoms with E-state index >= 15 is 0 Å². The topological polar surface area (TPSA) is 32.3 Å². The minimum atomic E-state index is -4.19. The number of likely N-dealkylation sites (tertiary alicyclic amines) is 1. The van der Waals surface area contributed by atoms with Crippen LogP contribution in [0.2, 0.25) is 0 Å². The molecule has 1 aliphatic heterocycles. The number of halogens is 3. The summed E-state index contributed by atoms with van der Waals surface area (Å²) in [7, 11) is 0. The molecule has 1 amide bonds. The van der Waals surface area contributed by atoms with E-state index < -0.39 is 12.7 Å². The highest BCUT2D eigenvalue weighted by Gasteiger charge is 2.31. The zero-order chi connectivity index (χ0) is 14.5. The Morgan fingerprint density at radius 3 is 2.53 bits per heavy atom. The fourth-order valence-corrected chi connectivity index (χ4v) is 2.50. The van der Waals surface area contributed by atoms with E-state index in [1.807, 2.05) is 13.8 Å². The van der Waals surface area contributed by atoms with Crippen molar-refractivity contribution in [1.29, 1.82) is 0 Å². The SMILES string of the molecule is CCC(CC)C(=O)N1CCCC(NCC(F)(F)F)C1. The van der Waals surface area contributed by atoms with Crippen LogP contribution >= 0.6 is 0 Å². The number of amides is 1. The second-order valence-corrected chi connectivity index (χ2v) is 5.13. The molecule has 112 valence electrons. The van der Waals surface area contributed by atoms with Gasteiger partial charge in [0.1, 0.15) is 0 Å². The highest BCUT2D eigenvalue weighted by Crippen LogP contribution is 2.18. The van der Waals surface area contributed by atoms with Crippen LogP contribution in [0.4, 0.5) is 13.2 Å². The summed E-state index contributed by atoms with van der Waals surface area (Å²) in [6.45, 7) is 4.01. The van der Waals surface area contributed by atoms with Crippen LogP contribution in [0.3, 0.4) is 0 Å². The summed E-state index contributed by atoms with van der Waals surface area (Å²) in [6, 6.07) is -0.242. The van der Waals surface area contributed by atoms with Crippen LogP contribution in [-0.4, -0.2) is 42.7 Å². The van der Waals surface area contributed by atoms with Gasteiger partial charge in [-0.15, -0.1) is 0 Å². The Morgan fingerprint density at radius 1 is 1.37 bits per heavy atom. The molecule has 1 fully saturated rings. The summed E-state index contributed by atoms with van der Waals surface area (Å²) in [5.41, 5.74) is 0. The highest BCUT2D eigenvalue weighted by molar-refractivity contribution is 5.78. The number of rotatable bonds is 5. The van der Waals surface area contributed by atoms with Crippen LogP contribution in [0.15, 0.2) is 0 Å². The lowest BCUT2D eigenvalue weighted by Crippen LogP contribution is -2.51. The lowest BCUT2D eigenvalue weighted by molar-refractivity contribution is -0.138. The van der Waals surface area contributed by atoms with Gasteiger partial charge < -0.3 is 10.2 Å². The van der Waals surface area contributed by atoms with E-state index in [4.69, 9.17) is 0 Å². The first-order valence-electron chi connectivity index (χ1n) is 6.96. The summed E-state index contributed by atoms with van der Waals surface area (Å²) in [5.74, 6) is 0.0878. The number of hydrogen-bond acceptors (Lipinski definition) is 2. The molecule has 0 aromatic heterocycles. The molecule has 6 heteroatoms. The summed E-state index contributed by atoms with van der Waals surface area (Å²) in [4.78, 5) is 13.9. The van der Waals surface area contributed by atoms with E-state index in [1.165, 1.54) is 0 Å². The first kappa shape index (κ1) is 16.3. The Kier molecular flexibility index (Phi) is 6.10. The van der Waals surface area contributed by atoms with Gasteiger partial charge in [-0.1, -0.05) is 13.8 Å². The number of carbonyl (C=O) groups excluding carboxylic acids is 1. The minimum absolute atomic E-state index is 0.00126. The molecule has 1 saturated heterocycles. The summed E-state index contributed by atoms with van der Waals surface area (Å²) < 4.78 is 36.5. The lowest BCUT2D eigenvalue weighted by Gasteiger charge is -2.35. The van der Waals surface area contributed by atoms with Crippen molar-refractivity contribution in [2.24, 2.45) is 5.92 Å². The summed E-state index contributed by atoms with van der Waals surface area (Å²) in [6.07, 6.45) is -1.16. The Morgan fingerprint density at radius 2 is 2.00 bits per heavy atom. The Balaban J connectivity index is 2.47. The maximum atomic E-state index is 12.2. The normalized spacial score (nSPS) is 20.9. The lowest BCUT2D eigenvalue weighted by atomic mass is 9.98. The second-order valence-electron chi connectivity index (χ2n) is 5.13. The maximum absolute atomic E-state index is 12.2. The van der Waals surface area contributed by atoms with Gasteiger partial charge in [-0.25, -0.2) is 0 Å². The van der Waals surface area contributed by atoms with Gasteiger partial charge in [-0.2, -0.15) is 13.2 Å². The highest BCUT2D eigenvalue weighted by atomic mass is 19.4. The monoisotopic (exact) mass is 280 g/mol. The molecule has 0 radical (unpaired) electrons. The van der Waals surface area contributed by atoms with Gasteiger partial charge in [0.25, 0.3) is 0 Å². The Bertz CT molecular complexity index is 290. The molecule has 3 nitrogen and oxygen atoms in total. The molecule has 1 heterocycles. The largest absolute Gasteiger partial charge is 0.401 e. The first-order chi connectivity index (χ1) is 8.87. The summed E-state index contributed by atoms with van der Waals surface area (Å²) in [5, 5.41) is 2.50. The van der Waals surface area contributed by atoms with Crippen LogP contribution in [0.25, 0.3) is 0 Å². The van der Waals surface area contributed by atoms with Gasteiger partial charge in [0.05, 0.1) is 6.54 Å². The van der Waals surface area contributed by atoms with Crippen LogP contribution < -0.4 is 5.32 Å². The van der Waals surface area contributed by atoms with Crippen molar-refractivity contribution in [3.8, 4) is 0 Å². The van der Waals surface area contributed by atoms with Crippen molar-refractivity contribution >= 4 is 5.91 Å². The molecule has 0 spiro atoms. The van der Waals surface area contributed by atoms with Gasteiger partial charge in [-0.3, -0.25) is 4.79 Å². The fourth-order valence-electron chi connectivity index (χ4n) is 2.50. The number of piperidine rings is 1. The predicted molar refractivity (Wildman–Crippen MR) is 67.7 cm³/mol. The molecule has 0 saturated carbocycles. The molecule has 1 atom stereocenters. The average molecular weight is 280 g/mol. The first-order valence-corrected chi connectivity index (χ1v) is 6.96. The Hall–Kier alpha value is -0.780. The van der Waals surface area contributed by atoms with Gasteiger partial charge in [-0.05, 0) is 25.7 Å². The molecule has 1 unspecified atom stereocenters. The van der Waals surface area contributed by atoms with E-state index in [2.05, 4.69) is 5.32 Å². The van der Waals surface area contributed by atoms with Crippen LogP contribution in [0.5, 0.6) is 0 Å². The van der Waals surface area contributed by atoms with Gasteiger partial charge in [0, 0.05) is 25.0 Å². The molecule has 1 rings (SSSR count). The molecule has 1 aliphatic rings. The standard InChI is InChI=1S/C13H23F3N2O/c1-3-10(4-2)12(19)18-7-5-6-11(8-18)17-9-13(14,15)16/h10-11,17H,3-9H2,1-2H3. The molecule has 0 aliphatic carbocycles. The van der Waals surface area contributed by atoms with Crippen molar-refractivity contribution in [3.63, 3.8) is 0 Å². The van der Waals surface area contributed by atoms with Crippen LogP contribution in [0.1, 0.15) is 39.5 Å². The third-order valence-corrected chi connectivity index (χ3v) is 3.66. The number of nitrogens with one attached hydrogen (secondary N) is 1. The minimum Gasteiger partial charge on any atom is -0.341 e. The van der Waals surface area contributed by atoms with Gasteiger partial charge in [0.2, 0.25) is 5.91 Å². The molecule has 0 aromatic carbocycles. The molecule has 19 heavy (non-hydrogen) atoms. The smallest absolute Gasteiger partial charge is 0.341 e. The molecule has 0 aromatic rings. The third kappa shape index (κ3) is 5.38. The van der Waals surface area contributed by atoms with Crippen LogP contribution in [-0.2, 0) is 4.79 Å². The summed E-state index contributed by atoms with van der Waals surface area (Å²) >= 11 is 0. The van der Waals surface area contributed by atoms with Crippen molar-refractivity contribution in [1.82, 2.24) is 10.2 Å². The van der Waals surface area contributed by atoms with Crippen LogP contribution in [0, 0.1) is 5.92 Å². The van der Waals surface area contributed by atoms with E-state index in [1.54, 1.807) is 4.90 Å². The van der Waals surface area contributed by atoms with E-state index in [0.29, 0.717) is 19.5 Å². The fraction of sp³-hybridized carbons (Fsp3) is 0.923. The zero-order valence-electron chi connectivity index (χ0n) is 11.6. The van der Waals surface area contributed by atoms with Crippen molar-refractivity contribution < 1.29 is 18.0 Å². The molecule has 0 bridgehead atoms.